The number of fused-ring (bicyclic) bond motifs is 1. The number of rotatable bonds is 3. The minimum Gasteiger partial charge on any atom is -0.356 e. The quantitative estimate of drug-likeness (QED) is 0.889. The Morgan fingerprint density at radius 3 is 2.88 bits per heavy atom. The van der Waals surface area contributed by atoms with E-state index in [0.29, 0.717) is 0 Å². The normalized spacial score (nSPS) is 16.4. The molecular formula is C13H15FN2S. The third kappa shape index (κ3) is 2.14. The second-order valence-corrected chi connectivity index (χ2v) is 6.28. The van der Waals surface area contributed by atoms with Crippen LogP contribution in [0.5, 0.6) is 0 Å². The molecule has 2 nitrogen and oxygen atoms in total. The predicted molar refractivity (Wildman–Crippen MR) is 70.0 cm³/mol. The summed E-state index contributed by atoms with van der Waals surface area (Å²) < 4.78 is 14.1. The molecule has 1 N–H and O–H groups in total. The van der Waals surface area contributed by atoms with E-state index in [2.05, 4.69) is 24.1 Å². The largest absolute Gasteiger partial charge is 0.356 e. The third-order valence-electron chi connectivity index (χ3n) is 3.38. The van der Waals surface area contributed by atoms with Crippen LogP contribution in [-0.2, 0) is 0 Å². The molecule has 4 heteroatoms. The van der Waals surface area contributed by atoms with Crippen molar-refractivity contribution in [3.8, 4) is 0 Å². The zero-order valence-electron chi connectivity index (χ0n) is 9.96. The number of aromatic nitrogens is 1. The number of hydrogen-bond donors (Lipinski definition) is 1. The highest BCUT2D eigenvalue weighted by Crippen LogP contribution is 2.42. The monoisotopic (exact) mass is 250 g/mol. The average molecular weight is 250 g/mol. The fourth-order valence-corrected chi connectivity index (χ4v) is 3.15. The molecule has 0 saturated heterocycles. The summed E-state index contributed by atoms with van der Waals surface area (Å²) in [7, 11) is 0. The Bertz CT molecular complexity index is 558. The van der Waals surface area contributed by atoms with Gasteiger partial charge in [-0.1, -0.05) is 11.3 Å². The average Bonchev–Trinajstić information content (AvgIpc) is 3.01. The molecule has 0 amide bonds. The number of nitrogens with one attached hydrogen (secondary N) is 1. The first kappa shape index (κ1) is 11.0. The van der Waals surface area contributed by atoms with Gasteiger partial charge in [0.15, 0.2) is 5.13 Å². The molecule has 1 fully saturated rings. The maximum absolute atomic E-state index is 13.1. The van der Waals surface area contributed by atoms with E-state index < -0.39 is 0 Å². The van der Waals surface area contributed by atoms with E-state index in [1.165, 1.54) is 25.0 Å². The molecule has 90 valence electrons. The lowest BCUT2D eigenvalue weighted by atomic mass is 9.99. The van der Waals surface area contributed by atoms with Gasteiger partial charge >= 0.3 is 0 Å². The lowest BCUT2D eigenvalue weighted by molar-refractivity contribution is 0.494. The number of halogens is 1. The molecule has 1 heterocycles. The molecule has 17 heavy (non-hydrogen) atoms. The van der Waals surface area contributed by atoms with Gasteiger partial charge in [-0.25, -0.2) is 9.37 Å². The second-order valence-electron chi connectivity index (χ2n) is 5.25. The van der Waals surface area contributed by atoms with Crippen molar-refractivity contribution in [3.05, 3.63) is 24.0 Å². The van der Waals surface area contributed by atoms with Crippen molar-refractivity contribution in [3.63, 3.8) is 0 Å². The van der Waals surface area contributed by atoms with E-state index in [4.69, 9.17) is 0 Å². The van der Waals surface area contributed by atoms with E-state index in [1.54, 1.807) is 17.4 Å². The summed E-state index contributed by atoms with van der Waals surface area (Å²) in [6, 6.07) is 4.76. The summed E-state index contributed by atoms with van der Waals surface area (Å²) in [6.07, 6.45) is 2.58. The van der Waals surface area contributed by atoms with Gasteiger partial charge < -0.3 is 5.32 Å². The van der Waals surface area contributed by atoms with Crippen molar-refractivity contribution >= 4 is 26.7 Å². The summed E-state index contributed by atoms with van der Waals surface area (Å²) in [4.78, 5) is 4.44. The van der Waals surface area contributed by atoms with Crippen LogP contribution in [0.1, 0.15) is 26.7 Å². The second kappa shape index (κ2) is 3.67. The highest BCUT2D eigenvalue weighted by atomic mass is 32.1. The standard InChI is InChI=1S/C13H15FN2S/c1-13(2,8-3-4-8)16-12-15-10-7-9(14)5-6-11(10)17-12/h5-8H,3-4H2,1-2H3,(H,15,16). The van der Waals surface area contributed by atoms with Crippen molar-refractivity contribution in [1.82, 2.24) is 4.98 Å². The van der Waals surface area contributed by atoms with Gasteiger partial charge in [0, 0.05) is 11.6 Å². The Morgan fingerprint density at radius 1 is 1.41 bits per heavy atom. The first-order valence-electron chi connectivity index (χ1n) is 5.89. The van der Waals surface area contributed by atoms with Gasteiger partial charge in [0.1, 0.15) is 5.82 Å². The highest BCUT2D eigenvalue weighted by Gasteiger charge is 2.38. The lowest BCUT2D eigenvalue weighted by Crippen LogP contribution is -2.33. The van der Waals surface area contributed by atoms with Crippen LogP contribution < -0.4 is 5.32 Å². The maximum atomic E-state index is 13.1. The molecule has 0 radical (unpaired) electrons. The van der Waals surface area contributed by atoms with Gasteiger partial charge in [0.05, 0.1) is 10.2 Å². The van der Waals surface area contributed by atoms with Crippen LogP contribution >= 0.6 is 11.3 Å². The Morgan fingerprint density at radius 2 is 2.18 bits per heavy atom. The summed E-state index contributed by atoms with van der Waals surface area (Å²) >= 11 is 1.59. The smallest absolute Gasteiger partial charge is 0.184 e. The van der Waals surface area contributed by atoms with Gasteiger partial charge in [0.25, 0.3) is 0 Å². The molecule has 0 unspecified atom stereocenters. The fraction of sp³-hybridized carbons (Fsp3) is 0.462. The molecular weight excluding hydrogens is 235 g/mol. The summed E-state index contributed by atoms with van der Waals surface area (Å²) in [5.41, 5.74) is 0.830. The van der Waals surface area contributed by atoms with Crippen LogP contribution in [0, 0.1) is 11.7 Å². The summed E-state index contributed by atoms with van der Waals surface area (Å²) in [5.74, 6) is 0.516. The van der Waals surface area contributed by atoms with Gasteiger partial charge in [-0.2, -0.15) is 0 Å². The molecule has 0 spiro atoms. The van der Waals surface area contributed by atoms with Crippen molar-refractivity contribution < 1.29 is 4.39 Å². The van der Waals surface area contributed by atoms with Gasteiger partial charge in [-0.3, -0.25) is 0 Å². The topological polar surface area (TPSA) is 24.9 Å². The van der Waals surface area contributed by atoms with Crippen molar-refractivity contribution in [2.75, 3.05) is 5.32 Å². The third-order valence-corrected chi connectivity index (χ3v) is 4.33. The zero-order valence-corrected chi connectivity index (χ0v) is 10.8. The summed E-state index contributed by atoms with van der Waals surface area (Å²) in [6.45, 7) is 4.41. The molecule has 2 aromatic rings. The molecule has 3 rings (SSSR count). The number of hydrogen-bond acceptors (Lipinski definition) is 3. The minimum atomic E-state index is -0.226. The van der Waals surface area contributed by atoms with E-state index in [9.17, 15) is 4.39 Å². The van der Waals surface area contributed by atoms with Crippen LogP contribution in [0.2, 0.25) is 0 Å². The number of nitrogens with zero attached hydrogens (tertiary/aromatic N) is 1. The molecule has 0 bridgehead atoms. The Hall–Kier alpha value is -1.16. The predicted octanol–water partition coefficient (Wildman–Crippen LogP) is 4.04. The van der Waals surface area contributed by atoms with Crippen molar-refractivity contribution in [2.24, 2.45) is 5.92 Å². The van der Waals surface area contributed by atoms with Gasteiger partial charge in [0.2, 0.25) is 0 Å². The molecule has 1 saturated carbocycles. The van der Waals surface area contributed by atoms with E-state index in [-0.39, 0.29) is 11.4 Å². The van der Waals surface area contributed by atoms with Crippen LogP contribution in [0.3, 0.4) is 0 Å². The first-order valence-corrected chi connectivity index (χ1v) is 6.70. The lowest BCUT2D eigenvalue weighted by Gasteiger charge is -2.25. The Labute approximate surface area is 104 Å². The SMILES string of the molecule is CC(C)(Nc1nc2cc(F)ccc2s1)C1CC1. The first-order chi connectivity index (χ1) is 8.04. The Kier molecular flexibility index (Phi) is 2.36. The molecule has 1 aromatic carbocycles. The minimum absolute atomic E-state index is 0.0897. The van der Waals surface area contributed by atoms with E-state index in [0.717, 1.165) is 21.3 Å². The fourth-order valence-electron chi connectivity index (χ4n) is 2.14. The van der Waals surface area contributed by atoms with Gasteiger partial charge in [-0.05, 0) is 44.7 Å². The molecule has 1 aromatic heterocycles. The van der Waals surface area contributed by atoms with Crippen LogP contribution in [-0.4, -0.2) is 10.5 Å². The maximum Gasteiger partial charge on any atom is 0.184 e. The van der Waals surface area contributed by atoms with Crippen LogP contribution in [0.4, 0.5) is 9.52 Å². The van der Waals surface area contributed by atoms with Gasteiger partial charge in [-0.15, -0.1) is 0 Å². The molecule has 1 aliphatic carbocycles. The Balaban J connectivity index is 1.90. The van der Waals surface area contributed by atoms with E-state index >= 15 is 0 Å². The van der Waals surface area contributed by atoms with Crippen LogP contribution in [0.15, 0.2) is 18.2 Å². The van der Waals surface area contributed by atoms with Crippen molar-refractivity contribution in [2.45, 2.75) is 32.2 Å². The summed E-state index contributed by atoms with van der Waals surface area (Å²) in [5, 5.41) is 4.37. The number of thiazole rings is 1. The highest BCUT2D eigenvalue weighted by molar-refractivity contribution is 7.22. The van der Waals surface area contributed by atoms with E-state index in [1.807, 2.05) is 0 Å². The molecule has 0 aliphatic heterocycles. The van der Waals surface area contributed by atoms with Crippen molar-refractivity contribution in [1.29, 1.82) is 0 Å². The zero-order chi connectivity index (χ0) is 12.0. The molecule has 0 atom stereocenters. The number of anilines is 1. The van der Waals surface area contributed by atoms with Crippen LogP contribution in [0.25, 0.3) is 10.2 Å². The number of benzene rings is 1. The molecule has 1 aliphatic rings.